The number of nitrogen functional groups attached to an aromatic ring is 2. The summed E-state index contributed by atoms with van der Waals surface area (Å²) in [5.74, 6) is 0.930. The highest BCUT2D eigenvalue weighted by Gasteiger charge is 2.16. The van der Waals surface area contributed by atoms with E-state index in [1.165, 1.54) is 213 Å². The minimum Gasteiger partial charge on any atom is -0.399 e. The molecule has 318 valence electrons. The van der Waals surface area contributed by atoms with Crippen molar-refractivity contribution >= 4 is 11.4 Å². The number of rotatable bonds is 33. The smallest absolute Gasteiger partial charge is 0.0314 e. The van der Waals surface area contributed by atoms with Gasteiger partial charge < -0.3 is 11.5 Å². The van der Waals surface area contributed by atoms with Crippen molar-refractivity contribution in [3.05, 3.63) is 130 Å². The molecule has 0 heterocycles. The molecule has 4 N–H and O–H groups in total. The predicted octanol–water partition coefficient (Wildman–Crippen LogP) is 17.1. The first-order chi connectivity index (χ1) is 28.6. The molecule has 58 heavy (non-hydrogen) atoms. The molecule has 0 aliphatic carbocycles. The van der Waals surface area contributed by atoms with Gasteiger partial charge >= 0.3 is 0 Å². The fraction of sp³-hybridized carbons (Fsp3) is 0.571. The van der Waals surface area contributed by atoms with E-state index >= 15 is 0 Å². The van der Waals surface area contributed by atoms with E-state index in [1.54, 1.807) is 0 Å². The third kappa shape index (κ3) is 19.0. The average molecular weight is 785 g/mol. The Hall–Kier alpha value is -3.52. The fourth-order valence-electron chi connectivity index (χ4n) is 9.03. The van der Waals surface area contributed by atoms with Crippen molar-refractivity contribution in [2.24, 2.45) is 0 Å². The zero-order valence-corrected chi connectivity index (χ0v) is 37.3. The Morgan fingerprint density at radius 1 is 0.293 bits per heavy atom. The molecule has 4 rings (SSSR count). The Labute approximate surface area is 357 Å². The van der Waals surface area contributed by atoms with Crippen LogP contribution < -0.4 is 11.5 Å². The van der Waals surface area contributed by atoms with E-state index in [-0.39, 0.29) is 0 Å². The van der Waals surface area contributed by atoms with Gasteiger partial charge in [-0.1, -0.05) is 228 Å². The van der Waals surface area contributed by atoms with Crippen molar-refractivity contribution < 1.29 is 0 Å². The van der Waals surface area contributed by atoms with Gasteiger partial charge in [-0.2, -0.15) is 0 Å². The molecule has 0 spiro atoms. The number of aryl methyl sites for hydroxylation is 2. The number of benzene rings is 4. The standard InChI is InChI=1S/C56H84N2/c1-3-5-7-9-15-21-25-29-55(51-39-43-53(57)44-40-51)49-35-31-47(32-36-49)27-23-19-17-13-11-12-14-18-20-24-28-48-33-37-50(38-34-48)56(52-41-45-54(58)46-42-52)30-26-22-16-10-8-6-4-2/h31-46,55-56H,3-30,57-58H2,1-2H3. The van der Waals surface area contributed by atoms with Gasteiger partial charge in [0.15, 0.2) is 0 Å². The van der Waals surface area contributed by atoms with Crippen LogP contribution in [0, 0.1) is 0 Å². The summed E-state index contributed by atoms with van der Waals surface area (Å²) in [6, 6.07) is 36.5. The Balaban J connectivity index is 1.05. The van der Waals surface area contributed by atoms with Crippen LogP contribution in [0.2, 0.25) is 0 Å². The van der Waals surface area contributed by atoms with Crippen LogP contribution in [0.4, 0.5) is 11.4 Å². The summed E-state index contributed by atoms with van der Waals surface area (Å²) in [5.41, 5.74) is 22.5. The van der Waals surface area contributed by atoms with E-state index < -0.39 is 0 Å². The van der Waals surface area contributed by atoms with E-state index in [0.29, 0.717) is 11.8 Å². The van der Waals surface area contributed by atoms with Crippen molar-refractivity contribution in [1.82, 2.24) is 0 Å². The highest BCUT2D eigenvalue weighted by molar-refractivity contribution is 5.44. The Kier molecular flexibility index (Phi) is 24.1. The molecule has 2 nitrogen and oxygen atoms in total. The third-order valence-electron chi connectivity index (χ3n) is 12.8. The average Bonchev–Trinajstić information content (AvgIpc) is 3.25. The molecule has 0 fully saturated rings. The van der Waals surface area contributed by atoms with Gasteiger partial charge in [0.05, 0.1) is 0 Å². The van der Waals surface area contributed by atoms with E-state index in [1.807, 2.05) is 0 Å². The van der Waals surface area contributed by atoms with Gasteiger partial charge in [-0.25, -0.2) is 0 Å². The van der Waals surface area contributed by atoms with Gasteiger partial charge in [0.2, 0.25) is 0 Å². The molecule has 0 amide bonds. The van der Waals surface area contributed by atoms with Gasteiger partial charge in [-0.3, -0.25) is 0 Å². The van der Waals surface area contributed by atoms with E-state index in [9.17, 15) is 0 Å². The molecule has 0 saturated heterocycles. The summed E-state index contributed by atoms with van der Waals surface area (Å²) in [4.78, 5) is 0. The molecular formula is C56H84N2. The molecule has 0 aromatic heterocycles. The molecule has 4 aromatic rings. The maximum absolute atomic E-state index is 6.04. The van der Waals surface area contributed by atoms with Gasteiger partial charge in [-0.15, -0.1) is 0 Å². The largest absolute Gasteiger partial charge is 0.399 e. The number of hydrogen-bond donors (Lipinski definition) is 2. The molecule has 0 radical (unpaired) electrons. The lowest BCUT2D eigenvalue weighted by atomic mass is 9.86. The topological polar surface area (TPSA) is 52.0 Å². The normalized spacial score (nSPS) is 12.5. The Bertz CT molecular complexity index is 1430. The lowest BCUT2D eigenvalue weighted by Crippen LogP contribution is -2.02. The van der Waals surface area contributed by atoms with Gasteiger partial charge in [0.25, 0.3) is 0 Å². The van der Waals surface area contributed by atoms with Crippen molar-refractivity contribution in [2.45, 2.75) is 205 Å². The maximum Gasteiger partial charge on any atom is 0.0314 e. The predicted molar refractivity (Wildman–Crippen MR) is 257 cm³/mol. The molecule has 0 aliphatic heterocycles. The van der Waals surface area contributed by atoms with Crippen molar-refractivity contribution in [1.29, 1.82) is 0 Å². The van der Waals surface area contributed by atoms with Crippen LogP contribution in [0.15, 0.2) is 97.1 Å². The highest BCUT2D eigenvalue weighted by Crippen LogP contribution is 2.33. The number of hydrogen-bond acceptors (Lipinski definition) is 2. The molecular weight excluding hydrogens is 701 g/mol. The highest BCUT2D eigenvalue weighted by atomic mass is 14.5. The summed E-state index contributed by atoms with van der Waals surface area (Å²) in [7, 11) is 0. The number of nitrogens with two attached hydrogens (primary N) is 2. The van der Waals surface area contributed by atoms with Crippen LogP contribution in [0.5, 0.6) is 0 Å². The monoisotopic (exact) mass is 785 g/mol. The second kappa shape index (κ2) is 29.7. The molecule has 0 bridgehead atoms. The zero-order valence-electron chi connectivity index (χ0n) is 37.3. The van der Waals surface area contributed by atoms with Gasteiger partial charge in [-0.05, 0) is 96.2 Å². The zero-order chi connectivity index (χ0) is 40.9. The molecule has 4 aromatic carbocycles. The Morgan fingerprint density at radius 2 is 0.534 bits per heavy atom. The first-order valence-corrected chi connectivity index (χ1v) is 24.5. The van der Waals surface area contributed by atoms with Crippen molar-refractivity contribution in [3.8, 4) is 0 Å². The maximum atomic E-state index is 6.04. The summed E-state index contributed by atoms with van der Waals surface area (Å²) in [6.07, 6.45) is 37.5. The molecule has 0 aliphatic rings. The van der Waals surface area contributed by atoms with E-state index in [2.05, 4.69) is 111 Å². The van der Waals surface area contributed by atoms with Crippen molar-refractivity contribution in [2.75, 3.05) is 11.5 Å². The van der Waals surface area contributed by atoms with Gasteiger partial charge in [0, 0.05) is 23.2 Å². The lowest BCUT2D eigenvalue weighted by Gasteiger charge is -2.19. The van der Waals surface area contributed by atoms with Crippen LogP contribution in [0.3, 0.4) is 0 Å². The second-order valence-corrected chi connectivity index (χ2v) is 17.8. The van der Waals surface area contributed by atoms with E-state index in [4.69, 9.17) is 11.5 Å². The lowest BCUT2D eigenvalue weighted by molar-refractivity contribution is 0.551. The van der Waals surface area contributed by atoms with Crippen LogP contribution in [-0.4, -0.2) is 0 Å². The van der Waals surface area contributed by atoms with Gasteiger partial charge in [0.1, 0.15) is 0 Å². The molecule has 2 atom stereocenters. The van der Waals surface area contributed by atoms with Crippen LogP contribution in [0.25, 0.3) is 0 Å². The number of unbranched alkanes of at least 4 members (excludes halogenated alkanes) is 21. The quantitative estimate of drug-likeness (QED) is 0.0373. The minimum atomic E-state index is 0.465. The third-order valence-corrected chi connectivity index (χ3v) is 12.8. The van der Waals surface area contributed by atoms with E-state index in [0.717, 1.165) is 11.4 Å². The first kappa shape index (κ1) is 47.2. The van der Waals surface area contributed by atoms with Crippen LogP contribution >= 0.6 is 0 Å². The second-order valence-electron chi connectivity index (χ2n) is 17.8. The summed E-state index contributed by atoms with van der Waals surface area (Å²) < 4.78 is 0. The number of anilines is 2. The molecule has 0 saturated carbocycles. The SMILES string of the molecule is CCCCCCCCCC(c1ccc(N)cc1)c1ccc(CCCCCCCCCCCCc2ccc(C(CCCCCCCCC)c3ccc(N)cc3)cc2)cc1. The summed E-state index contributed by atoms with van der Waals surface area (Å²) >= 11 is 0. The minimum absolute atomic E-state index is 0.465. The fourth-order valence-corrected chi connectivity index (χ4v) is 9.03. The first-order valence-electron chi connectivity index (χ1n) is 24.5. The molecule has 2 heteroatoms. The van der Waals surface area contributed by atoms with Crippen LogP contribution in [-0.2, 0) is 12.8 Å². The Morgan fingerprint density at radius 3 is 0.828 bits per heavy atom. The van der Waals surface area contributed by atoms with Crippen LogP contribution in [0.1, 0.15) is 226 Å². The molecule has 2 unspecified atom stereocenters. The van der Waals surface area contributed by atoms with Crippen molar-refractivity contribution in [3.63, 3.8) is 0 Å². The summed E-state index contributed by atoms with van der Waals surface area (Å²) in [5, 5.41) is 0. The summed E-state index contributed by atoms with van der Waals surface area (Å²) in [6.45, 7) is 4.59.